The molecule has 1 saturated carbocycles. The third kappa shape index (κ3) is 10.7. The first kappa shape index (κ1) is 33.5. The predicted molar refractivity (Wildman–Crippen MR) is 173 cm³/mol. The molecule has 0 spiro atoms. The molecule has 5 heteroatoms. The molecule has 2 aliphatic heterocycles. The van der Waals surface area contributed by atoms with Gasteiger partial charge >= 0.3 is 0 Å². The normalized spacial score (nSPS) is 24.0. The lowest BCUT2D eigenvalue weighted by Crippen LogP contribution is -2.49. The summed E-state index contributed by atoms with van der Waals surface area (Å²) in [6, 6.07) is 8.31. The Labute approximate surface area is 245 Å². The van der Waals surface area contributed by atoms with E-state index in [1.807, 2.05) is 27.0 Å². The number of nitrogens with zero attached hydrogens (tertiary/aromatic N) is 2. The zero-order valence-corrected chi connectivity index (χ0v) is 26.8. The third-order valence-electron chi connectivity index (χ3n) is 7.91. The average Bonchev–Trinajstić information content (AvgIpc) is 3.20. The number of unbranched alkanes of at least 4 members (excludes halogenated alkanes) is 2. The predicted octanol–water partition coefficient (Wildman–Crippen LogP) is 9.02. The van der Waals surface area contributed by atoms with Crippen molar-refractivity contribution in [3.63, 3.8) is 0 Å². The SMILES string of the molecule is CC.CC1CCC(C)CC1.CCCCCC1=CC2=C(CC=C1)OCCO2.CN=C1NC(C)N(C)c2ccccc21. The Hall–Kier alpha value is -2.69. The highest BCUT2D eigenvalue weighted by molar-refractivity contribution is 6.05. The molecule has 1 N–H and O–H groups in total. The van der Waals surface area contributed by atoms with Crippen molar-refractivity contribution in [1.82, 2.24) is 5.32 Å². The number of hydrogen-bond acceptors (Lipinski definition) is 4. The molecule has 0 amide bonds. The van der Waals surface area contributed by atoms with E-state index in [0.29, 0.717) is 19.4 Å². The summed E-state index contributed by atoms with van der Waals surface area (Å²) in [6.45, 7) is 14.5. The fourth-order valence-corrected chi connectivity index (χ4v) is 5.19. The highest BCUT2D eigenvalue weighted by Gasteiger charge is 2.22. The molecule has 224 valence electrons. The van der Waals surface area contributed by atoms with Gasteiger partial charge < -0.3 is 19.7 Å². The lowest BCUT2D eigenvalue weighted by Gasteiger charge is -2.35. The van der Waals surface area contributed by atoms with Gasteiger partial charge in [0.15, 0.2) is 5.76 Å². The maximum absolute atomic E-state index is 5.64. The zero-order chi connectivity index (χ0) is 29.3. The van der Waals surface area contributed by atoms with Crippen LogP contribution in [0.5, 0.6) is 0 Å². The smallest absolute Gasteiger partial charge is 0.157 e. The highest BCUT2D eigenvalue weighted by Crippen LogP contribution is 2.28. The second-order valence-electron chi connectivity index (χ2n) is 11.2. The van der Waals surface area contributed by atoms with Gasteiger partial charge in [0.25, 0.3) is 0 Å². The van der Waals surface area contributed by atoms with Crippen molar-refractivity contribution in [2.75, 3.05) is 32.2 Å². The number of rotatable bonds is 4. The Kier molecular flexibility index (Phi) is 15.6. The minimum absolute atomic E-state index is 0.295. The molecule has 5 rings (SSSR count). The monoisotopic (exact) mass is 551 g/mol. The van der Waals surface area contributed by atoms with Gasteiger partial charge in [0.1, 0.15) is 24.8 Å². The number of nitrogens with one attached hydrogen (secondary N) is 1. The molecule has 0 aromatic heterocycles. The molecule has 1 fully saturated rings. The number of amidine groups is 1. The molecule has 0 bridgehead atoms. The number of fused-ring (bicyclic) bond motifs is 1. The molecule has 0 radical (unpaired) electrons. The van der Waals surface area contributed by atoms with E-state index in [4.69, 9.17) is 9.47 Å². The fourth-order valence-electron chi connectivity index (χ4n) is 5.19. The van der Waals surface area contributed by atoms with Crippen molar-refractivity contribution in [2.45, 2.75) is 105 Å². The number of hydrogen-bond donors (Lipinski definition) is 1. The molecule has 1 aromatic rings. The molecule has 2 aliphatic carbocycles. The van der Waals surface area contributed by atoms with Crippen molar-refractivity contribution in [3.8, 4) is 0 Å². The van der Waals surface area contributed by atoms with Gasteiger partial charge in [-0.25, -0.2) is 0 Å². The lowest BCUT2D eigenvalue weighted by atomic mass is 9.84. The van der Waals surface area contributed by atoms with Gasteiger partial charge in [-0.3, -0.25) is 4.99 Å². The highest BCUT2D eigenvalue weighted by atomic mass is 16.6. The maximum Gasteiger partial charge on any atom is 0.157 e. The van der Waals surface area contributed by atoms with E-state index < -0.39 is 0 Å². The van der Waals surface area contributed by atoms with Gasteiger partial charge in [-0.05, 0) is 55.4 Å². The maximum atomic E-state index is 5.64. The first-order valence-corrected chi connectivity index (χ1v) is 15.8. The molecule has 4 aliphatic rings. The van der Waals surface area contributed by atoms with E-state index in [9.17, 15) is 0 Å². The number of aliphatic imine (C=N–C) groups is 1. The van der Waals surface area contributed by atoms with Crippen molar-refractivity contribution >= 4 is 11.5 Å². The van der Waals surface area contributed by atoms with E-state index in [1.165, 1.54) is 61.8 Å². The Morgan fingerprint density at radius 3 is 2.25 bits per heavy atom. The summed E-state index contributed by atoms with van der Waals surface area (Å²) < 4.78 is 11.2. The number of anilines is 1. The van der Waals surface area contributed by atoms with Crippen molar-refractivity contribution in [3.05, 3.63) is 65.1 Å². The third-order valence-corrected chi connectivity index (χ3v) is 7.91. The standard InChI is InChI=1S/C14H20O2.C11H15N3.C8H16.C2H6/c1-2-3-4-6-12-7-5-8-13-14(11-12)16-10-9-15-13;1-8-13-11(12-2)9-6-4-5-7-10(9)14(8)3;1-7-3-5-8(2)6-4-7;1-2/h5,7,11H,2-4,6,8-10H2,1H3;4-8H,1-3H3,(H,12,13);7-8H,3-6H2,1-2H3;1-2H3. The number of benzene rings is 1. The van der Waals surface area contributed by atoms with Crippen LogP contribution in [0.2, 0.25) is 0 Å². The van der Waals surface area contributed by atoms with E-state index >= 15 is 0 Å². The van der Waals surface area contributed by atoms with Crippen LogP contribution >= 0.6 is 0 Å². The minimum Gasteiger partial charge on any atom is -0.490 e. The molecule has 1 unspecified atom stereocenters. The summed E-state index contributed by atoms with van der Waals surface area (Å²) in [5.74, 6) is 4.96. The molecule has 1 aromatic carbocycles. The molecule has 0 saturated heterocycles. The lowest BCUT2D eigenvalue weighted by molar-refractivity contribution is 0.0674. The number of ether oxygens (including phenoxy) is 2. The van der Waals surface area contributed by atoms with Gasteiger partial charge in [0.05, 0.1) is 6.17 Å². The number of para-hydroxylation sites is 1. The van der Waals surface area contributed by atoms with Crippen molar-refractivity contribution in [1.29, 1.82) is 0 Å². The molecule has 2 heterocycles. The largest absolute Gasteiger partial charge is 0.490 e. The Balaban J connectivity index is 0.000000213. The van der Waals surface area contributed by atoms with Gasteiger partial charge in [0, 0.05) is 31.8 Å². The van der Waals surface area contributed by atoms with Crippen LogP contribution in [0.25, 0.3) is 0 Å². The molecular formula is C35H57N3O2. The summed E-state index contributed by atoms with van der Waals surface area (Å²) in [5, 5.41) is 3.35. The van der Waals surface area contributed by atoms with Gasteiger partial charge in [-0.1, -0.05) is 97.4 Å². The van der Waals surface area contributed by atoms with Crippen LogP contribution in [-0.2, 0) is 9.47 Å². The summed E-state index contributed by atoms with van der Waals surface area (Å²) in [4.78, 5) is 6.46. The van der Waals surface area contributed by atoms with Crippen LogP contribution in [0.15, 0.2) is 64.6 Å². The molecule has 5 nitrogen and oxygen atoms in total. The summed E-state index contributed by atoms with van der Waals surface area (Å²) in [5.41, 5.74) is 3.78. The van der Waals surface area contributed by atoms with Gasteiger partial charge in [-0.15, -0.1) is 0 Å². The summed E-state index contributed by atoms with van der Waals surface area (Å²) in [6.07, 6.45) is 18.6. The minimum atomic E-state index is 0.295. The average molecular weight is 552 g/mol. The first-order valence-electron chi connectivity index (χ1n) is 15.8. The van der Waals surface area contributed by atoms with Crippen LogP contribution in [0, 0.1) is 11.8 Å². The van der Waals surface area contributed by atoms with Crippen LogP contribution in [0.3, 0.4) is 0 Å². The van der Waals surface area contributed by atoms with Crippen LogP contribution in [0.1, 0.15) is 105 Å². The Morgan fingerprint density at radius 2 is 1.60 bits per heavy atom. The van der Waals surface area contributed by atoms with E-state index in [2.05, 4.69) is 86.4 Å². The van der Waals surface area contributed by atoms with Crippen LogP contribution < -0.4 is 10.2 Å². The summed E-state index contributed by atoms with van der Waals surface area (Å²) in [7, 11) is 3.90. The molecule has 1 atom stereocenters. The van der Waals surface area contributed by atoms with Crippen LogP contribution in [-0.4, -0.2) is 39.3 Å². The van der Waals surface area contributed by atoms with Crippen molar-refractivity contribution in [2.24, 2.45) is 16.8 Å². The Bertz CT molecular complexity index is 976. The van der Waals surface area contributed by atoms with Gasteiger partial charge in [-0.2, -0.15) is 0 Å². The molecule has 40 heavy (non-hydrogen) atoms. The second kappa shape index (κ2) is 18.6. The number of allylic oxidation sites excluding steroid dienone is 4. The fraction of sp³-hybridized carbons (Fsp3) is 0.629. The van der Waals surface area contributed by atoms with E-state index in [1.54, 1.807) is 0 Å². The topological polar surface area (TPSA) is 46.1 Å². The van der Waals surface area contributed by atoms with Crippen LogP contribution in [0.4, 0.5) is 5.69 Å². The zero-order valence-electron chi connectivity index (χ0n) is 26.8. The van der Waals surface area contributed by atoms with Gasteiger partial charge in [0.2, 0.25) is 0 Å². The second-order valence-corrected chi connectivity index (χ2v) is 11.2. The molecular weight excluding hydrogens is 494 g/mol. The Morgan fingerprint density at radius 1 is 0.950 bits per heavy atom. The summed E-state index contributed by atoms with van der Waals surface area (Å²) >= 11 is 0. The quantitative estimate of drug-likeness (QED) is 0.379. The van der Waals surface area contributed by atoms with Crippen molar-refractivity contribution < 1.29 is 9.47 Å². The first-order chi connectivity index (χ1) is 19.4. The van der Waals surface area contributed by atoms with E-state index in [-0.39, 0.29) is 0 Å². The van der Waals surface area contributed by atoms with E-state index in [0.717, 1.165) is 42.0 Å².